The van der Waals surface area contributed by atoms with E-state index in [2.05, 4.69) is 10.2 Å². The lowest BCUT2D eigenvalue weighted by molar-refractivity contribution is 0.0985. The monoisotopic (exact) mass is 299 g/mol. The van der Waals surface area contributed by atoms with Crippen molar-refractivity contribution >= 4 is 11.1 Å². The smallest absolute Gasteiger partial charge is 0.212 e. The van der Waals surface area contributed by atoms with E-state index in [4.69, 9.17) is 9.40 Å². The Bertz CT molecular complexity index is 585. The van der Waals surface area contributed by atoms with E-state index in [9.17, 15) is 0 Å². The second kappa shape index (κ2) is 6.39. The van der Waals surface area contributed by atoms with Gasteiger partial charge in [-0.15, -0.1) is 0 Å². The number of piperidine rings is 2. The van der Waals surface area contributed by atoms with Gasteiger partial charge in [0.2, 0.25) is 5.89 Å². The van der Waals surface area contributed by atoms with Crippen molar-refractivity contribution in [2.75, 3.05) is 26.2 Å². The first-order chi connectivity index (χ1) is 10.9. The largest absolute Gasteiger partial charge is 0.439 e. The van der Waals surface area contributed by atoms with Gasteiger partial charge in [-0.3, -0.25) is 4.90 Å². The van der Waals surface area contributed by atoms with Crippen molar-refractivity contribution < 1.29 is 4.42 Å². The third-order valence-electron chi connectivity index (χ3n) is 5.16. The topological polar surface area (TPSA) is 41.3 Å². The zero-order valence-corrected chi connectivity index (χ0v) is 13.1. The minimum atomic E-state index is 0.371. The lowest BCUT2D eigenvalue weighted by atomic mass is 9.94. The molecule has 1 atom stereocenters. The van der Waals surface area contributed by atoms with Gasteiger partial charge >= 0.3 is 0 Å². The molecule has 1 unspecified atom stereocenters. The van der Waals surface area contributed by atoms with Crippen LogP contribution in [-0.4, -0.2) is 36.1 Å². The molecule has 1 aromatic heterocycles. The predicted molar refractivity (Wildman–Crippen MR) is 87.8 cm³/mol. The van der Waals surface area contributed by atoms with Gasteiger partial charge in [-0.25, -0.2) is 4.98 Å². The Morgan fingerprint density at radius 3 is 2.86 bits per heavy atom. The zero-order chi connectivity index (χ0) is 14.8. The fourth-order valence-corrected chi connectivity index (χ4v) is 3.92. The van der Waals surface area contributed by atoms with Gasteiger partial charge in [0.1, 0.15) is 5.52 Å². The number of oxazole rings is 1. The molecule has 1 N–H and O–H groups in total. The van der Waals surface area contributed by atoms with E-state index in [1.54, 1.807) is 0 Å². The first-order valence-electron chi connectivity index (χ1n) is 8.70. The molecule has 1 aromatic carbocycles. The van der Waals surface area contributed by atoms with Crippen molar-refractivity contribution in [3.63, 3.8) is 0 Å². The summed E-state index contributed by atoms with van der Waals surface area (Å²) in [4.78, 5) is 7.39. The zero-order valence-electron chi connectivity index (χ0n) is 13.1. The van der Waals surface area contributed by atoms with Crippen LogP contribution in [0.2, 0.25) is 0 Å². The van der Waals surface area contributed by atoms with E-state index in [0.717, 1.165) is 22.9 Å². The molecule has 0 amide bonds. The minimum Gasteiger partial charge on any atom is -0.439 e. The molecule has 0 bridgehead atoms. The highest BCUT2D eigenvalue weighted by Crippen LogP contribution is 2.33. The normalized spacial score (nSPS) is 24.8. The molecule has 0 aliphatic carbocycles. The molecular formula is C18H25N3O. The molecular weight excluding hydrogens is 274 g/mol. The van der Waals surface area contributed by atoms with Crippen LogP contribution in [0.1, 0.15) is 44.0 Å². The number of nitrogens with zero attached hydrogens (tertiary/aromatic N) is 2. The van der Waals surface area contributed by atoms with Crippen LogP contribution in [0.4, 0.5) is 0 Å². The molecule has 4 heteroatoms. The number of fused-ring (bicyclic) bond motifs is 1. The number of benzene rings is 1. The van der Waals surface area contributed by atoms with E-state index < -0.39 is 0 Å². The van der Waals surface area contributed by atoms with Gasteiger partial charge in [-0.2, -0.15) is 0 Å². The molecule has 3 heterocycles. The maximum absolute atomic E-state index is 6.06. The molecule has 2 saturated heterocycles. The van der Waals surface area contributed by atoms with E-state index in [1.807, 2.05) is 24.3 Å². The maximum atomic E-state index is 6.06. The second-order valence-electron chi connectivity index (χ2n) is 6.72. The Balaban J connectivity index is 1.54. The molecule has 0 radical (unpaired) electrons. The Morgan fingerprint density at radius 1 is 1.14 bits per heavy atom. The summed E-state index contributed by atoms with van der Waals surface area (Å²) in [6, 6.07) is 8.48. The van der Waals surface area contributed by atoms with Gasteiger partial charge in [0, 0.05) is 6.54 Å². The molecule has 2 aliphatic rings. The second-order valence-corrected chi connectivity index (χ2v) is 6.72. The van der Waals surface area contributed by atoms with Gasteiger partial charge in [-0.05, 0) is 63.4 Å². The SMILES string of the molecule is c1ccc2oc(C3CCCCN3CC3CCNCC3)nc2c1. The van der Waals surface area contributed by atoms with Crippen LogP contribution >= 0.6 is 0 Å². The van der Waals surface area contributed by atoms with E-state index >= 15 is 0 Å². The number of aromatic nitrogens is 1. The molecule has 4 rings (SSSR count). The highest BCUT2D eigenvalue weighted by molar-refractivity contribution is 5.72. The average molecular weight is 299 g/mol. The molecule has 22 heavy (non-hydrogen) atoms. The first-order valence-corrected chi connectivity index (χ1v) is 8.70. The summed E-state index contributed by atoms with van der Waals surface area (Å²) in [7, 11) is 0. The number of para-hydroxylation sites is 2. The Kier molecular flexibility index (Phi) is 4.13. The van der Waals surface area contributed by atoms with Crippen LogP contribution in [0.25, 0.3) is 11.1 Å². The van der Waals surface area contributed by atoms with Crippen molar-refractivity contribution in [2.24, 2.45) is 5.92 Å². The van der Waals surface area contributed by atoms with Crippen molar-refractivity contribution in [2.45, 2.75) is 38.1 Å². The summed E-state index contributed by atoms with van der Waals surface area (Å²) in [5.41, 5.74) is 1.91. The predicted octanol–water partition coefficient (Wildman–Crippen LogP) is 3.35. The lowest BCUT2D eigenvalue weighted by Gasteiger charge is -2.37. The van der Waals surface area contributed by atoms with Crippen molar-refractivity contribution in [3.8, 4) is 0 Å². The van der Waals surface area contributed by atoms with Crippen LogP contribution in [-0.2, 0) is 0 Å². The van der Waals surface area contributed by atoms with Crippen molar-refractivity contribution in [1.29, 1.82) is 0 Å². The number of hydrogen-bond acceptors (Lipinski definition) is 4. The average Bonchev–Trinajstić information content (AvgIpc) is 3.00. The molecule has 2 aliphatic heterocycles. The minimum absolute atomic E-state index is 0.371. The summed E-state index contributed by atoms with van der Waals surface area (Å²) >= 11 is 0. The Labute approximate surface area is 131 Å². The Morgan fingerprint density at radius 2 is 2.00 bits per heavy atom. The van der Waals surface area contributed by atoms with Crippen LogP contribution < -0.4 is 5.32 Å². The molecule has 4 nitrogen and oxygen atoms in total. The van der Waals surface area contributed by atoms with Gasteiger partial charge < -0.3 is 9.73 Å². The van der Waals surface area contributed by atoms with Gasteiger partial charge in [0.05, 0.1) is 6.04 Å². The number of hydrogen-bond donors (Lipinski definition) is 1. The summed E-state index contributed by atoms with van der Waals surface area (Å²) < 4.78 is 6.06. The van der Waals surface area contributed by atoms with Crippen LogP contribution in [0.5, 0.6) is 0 Å². The van der Waals surface area contributed by atoms with E-state index in [0.29, 0.717) is 6.04 Å². The molecule has 0 saturated carbocycles. The van der Waals surface area contributed by atoms with Crippen LogP contribution in [0.3, 0.4) is 0 Å². The van der Waals surface area contributed by atoms with Gasteiger partial charge in [-0.1, -0.05) is 18.6 Å². The number of rotatable bonds is 3. The highest BCUT2D eigenvalue weighted by atomic mass is 16.3. The molecule has 2 fully saturated rings. The summed E-state index contributed by atoms with van der Waals surface area (Å²) in [5.74, 6) is 1.75. The molecule has 0 spiro atoms. The molecule has 2 aromatic rings. The lowest BCUT2D eigenvalue weighted by Crippen LogP contribution is -2.40. The summed E-state index contributed by atoms with van der Waals surface area (Å²) in [5, 5.41) is 3.46. The fraction of sp³-hybridized carbons (Fsp3) is 0.611. The van der Waals surface area contributed by atoms with Crippen LogP contribution in [0, 0.1) is 5.92 Å². The third kappa shape index (κ3) is 2.90. The van der Waals surface area contributed by atoms with Crippen LogP contribution in [0.15, 0.2) is 28.7 Å². The fourth-order valence-electron chi connectivity index (χ4n) is 3.92. The summed E-state index contributed by atoms with van der Waals surface area (Å²) in [6.45, 7) is 4.73. The Hall–Kier alpha value is -1.39. The van der Waals surface area contributed by atoms with Crippen molar-refractivity contribution in [3.05, 3.63) is 30.2 Å². The third-order valence-corrected chi connectivity index (χ3v) is 5.16. The molecule has 118 valence electrons. The van der Waals surface area contributed by atoms with Gasteiger partial charge in [0.15, 0.2) is 5.58 Å². The summed E-state index contributed by atoms with van der Waals surface area (Å²) in [6.07, 6.45) is 6.37. The standard InChI is InChI=1S/C18H25N3O/c1-2-7-17-15(5-1)20-18(22-17)16-6-3-4-12-21(16)13-14-8-10-19-11-9-14/h1-2,5,7,14,16,19H,3-4,6,8-13H2. The quantitative estimate of drug-likeness (QED) is 0.943. The number of likely N-dealkylation sites (tertiary alicyclic amines) is 1. The van der Waals surface area contributed by atoms with E-state index in [-0.39, 0.29) is 0 Å². The number of nitrogens with one attached hydrogen (secondary N) is 1. The van der Waals surface area contributed by atoms with Crippen molar-refractivity contribution in [1.82, 2.24) is 15.2 Å². The van der Waals surface area contributed by atoms with Gasteiger partial charge in [0.25, 0.3) is 0 Å². The van der Waals surface area contributed by atoms with E-state index in [1.165, 1.54) is 58.3 Å². The maximum Gasteiger partial charge on any atom is 0.212 e. The first kappa shape index (κ1) is 14.2. The highest BCUT2D eigenvalue weighted by Gasteiger charge is 2.30.